The van der Waals surface area contributed by atoms with Crippen LogP contribution in [0.3, 0.4) is 0 Å². The number of hydrogen-bond acceptors (Lipinski definition) is 2. The Balaban J connectivity index is 2.74. The quantitative estimate of drug-likeness (QED) is 0.719. The van der Waals surface area contributed by atoms with Crippen molar-refractivity contribution in [2.45, 2.75) is 58.4 Å². The first-order chi connectivity index (χ1) is 6.90. The number of amides is 1. The van der Waals surface area contributed by atoms with Crippen molar-refractivity contribution < 1.29 is 4.79 Å². The molecule has 3 heteroatoms. The van der Waals surface area contributed by atoms with E-state index in [1.807, 2.05) is 20.8 Å². The van der Waals surface area contributed by atoms with E-state index >= 15 is 0 Å². The van der Waals surface area contributed by atoms with Crippen molar-refractivity contribution >= 4 is 5.91 Å². The summed E-state index contributed by atoms with van der Waals surface area (Å²) < 4.78 is 0. The van der Waals surface area contributed by atoms with E-state index in [0.29, 0.717) is 12.8 Å². The van der Waals surface area contributed by atoms with Crippen LogP contribution >= 0.6 is 0 Å². The van der Waals surface area contributed by atoms with Crippen LogP contribution in [0, 0.1) is 16.7 Å². The fourth-order valence-corrected chi connectivity index (χ4v) is 2.01. The molecular formula is C12H20N2O. The van der Waals surface area contributed by atoms with Gasteiger partial charge in [0.15, 0.2) is 0 Å². The van der Waals surface area contributed by atoms with Gasteiger partial charge in [-0.25, -0.2) is 0 Å². The predicted octanol–water partition coefficient (Wildman–Crippen LogP) is 2.38. The lowest BCUT2D eigenvalue weighted by atomic mass is 9.74. The van der Waals surface area contributed by atoms with Crippen LogP contribution in [0.4, 0.5) is 0 Å². The summed E-state index contributed by atoms with van der Waals surface area (Å²) in [6, 6.07) is 2.23. The normalized spacial score (nSPS) is 20.4. The van der Waals surface area contributed by atoms with Crippen molar-refractivity contribution in [3.63, 3.8) is 0 Å². The van der Waals surface area contributed by atoms with Crippen molar-refractivity contribution in [3.05, 3.63) is 0 Å². The summed E-state index contributed by atoms with van der Waals surface area (Å²) in [5.74, 6) is -0.0859. The summed E-state index contributed by atoms with van der Waals surface area (Å²) in [5, 5.41) is 12.1. The van der Waals surface area contributed by atoms with Gasteiger partial charge in [-0.3, -0.25) is 4.79 Å². The van der Waals surface area contributed by atoms with Crippen LogP contribution in [-0.2, 0) is 4.79 Å². The topological polar surface area (TPSA) is 52.9 Å². The van der Waals surface area contributed by atoms with E-state index in [2.05, 4.69) is 11.4 Å². The van der Waals surface area contributed by atoms with E-state index in [0.717, 1.165) is 19.3 Å². The number of carbonyl (C=O) groups excluding carboxylic acids is 1. The van der Waals surface area contributed by atoms with Gasteiger partial charge in [0.2, 0.25) is 5.91 Å². The molecule has 1 aliphatic rings. The van der Waals surface area contributed by atoms with Gasteiger partial charge in [0.1, 0.15) is 5.41 Å². The lowest BCUT2D eigenvalue weighted by molar-refractivity contribution is -0.131. The van der Waals surface area contributed by atoms with Gasteiger partial charge in [-0.05, 0) is 33.6 Å². The summed E-state index contributed by atoms with van der Waals surface area (Å²) in [6.45, 7) is 5.83. The SMILES string of the molecule is CC(C)(C)NC(=O)C1(C#N)CCCCC1. The van der Waals surface area contributed by atoms with Crippen molar-refractivity contribution in [2.24, 2.45) is 5.41 Å². The van der Waals surface area contributed by atoms with E-state index in [1.165, 1.54) is 0 Å². The molecule has 0 aliphatic heterocycles. The van der Waals surface area contributed by atoms with E-state index in [1.54, 1.807) is 0 Å². The zero-order valence-corrected chi connectivity index (χ0v) is 9.89. The molecule has 0 unspecified atom stereocenters. The molecule has 0 heterocycles. The fourth-order valence-electron chi connectivity index (χ4n) is 2.01. The second kappa shape index (κ2) is 4.22. The third-order valence-electron chi connectivity index (χ3n) is 2.84. The maximum absolute atomic E-state index is 12.0. The van der Waals surface area contributed by atoms with Gasteiger partial charge in [0, 0.05) is 5.54 Å². The second-order valence-electron chi connectivity index (χ2n) is 5.46. The van der Waals surface area contributed by atoms with Crippen LogP contribution in [0.5, 0.6) is 0 Å². The first-order valence-corrected chi connectivity index (χ1v) is 5.63. The van der Waals surface area contributed by atoms with Gasteiger partial charge in [0.05, 0.1) is 6.07 Å². The molecule has 0 saturated heterocycles. The highest BCUT2D eigenvalue weighted by atomic mass is 16.2. The van der Waals surface area contributed by atoms with Gasteiger partial charge in [-0.1, -0.05) is 19.3 Å². The van der Waals surface area contributed by atoms with Crippen LogP contribution in [0.2, 0.25) is 0 Å². The lowest BCUT2D eigenvalue weighted by Crippen LogP contribution is -2.49. The van der Waals surface area contributed by atoms with Crippen LogP contribution in [0.1, 0.15) is 52.9 Å². The standard InChI is InChI=1S/C12H20N2O/c1-11(2,3)14-10(15)12(9-13)7-5-4-6-8-12/h4-8H2,1-3H3,(H,14,15). The van der Waals surface area contributed by atoms with Gasteiger partial charge >= 0.3 is 0 Å². The van der Waals surface area contributed by atoms with E-state index in [9.17, 15) is 10.1 Å². The smallest absolute Gasteiger partial charge is 0.240 e. The Hall–Kier alpha value is -1.04. The molecule has 1 amide bonds. The maximum Gasteiger partial charge on any atom is 0.240 e. The van der Waals surface area contributed by atoms with E-state index < -0.39 is 5.41 Å². The van der Waals surface area contributed by atoms with Gasteiger partial charge in [-0.15, -0.1) is 0 Å². The first kappa shape index (κ1) is 12.0. The van der Waals surface area contributed by atoms with Crippen molar-refractivity contribution in [3.8, 4) is 6.07 Å². The number of rotatable bonds is 1. The number of carbonyl (C=O) groups is 1. The minimum Gasteiger partial charge on any atom is -0.350 e. The molecular weight excluding hydrogens is 188 g/mol. The Morgan fingerprint density at radius 2 is 1.80 bits per heavy atom. The number of nitrogens with zero attached hydrogens (tertiary/aromatic N) is 1. The Kier molecular flexibility index (Phi) is 3.38. The molecule has 0 spiro atoms. The molecule has 0 aromatic rings. The largest absolute Gasteiger partial charge is 0.350 e. The first-order valence-electron chi connectivity index (χ1n) is 5.63. The molecule has 1 N–H and O–H groups in total. The van der Waals surface area contributed by atoms with Crippen molar-refractivity contribution in [1.82, 2.24) is 5.32 Å². The molecule has 1 rings (SSSR count). The zero-order chi connectivity index (χ0) is 11.5. The summed E-state index contributed by atoms with van der Waals surface area (Å²) in [5.41, 5.74) is -1.01. The second-order valence-corrected chi connectivity index (χ2v) is 5.46. The summed E-state index contributed by atoms with van der Waals surface area (Å²) in [6.07, 6.45) is 4.55. The molecule has 15 heavy (non-hydrogen) atoms. The summed E-state index contributed by atoms with van der Waals surface area (Å²) >= 11 is 0. The molecule has 3 nitrogen and oxygen atoms in total. The highest BCUT2D eigenvalue weighted by molar-refractivity contribution is 5.86. The molecule has 0 bridgehead atoms. The minimum absolute atomic E-state index is 0.0859. The summed E-state index contributed by atoms with van der Waals surface area (Å²) in [7, 11) is 0. The van der Waals surface area contributed by atoms with Crippen molar-refractivity contribution in [2.75, 3.05) is 0 Å². The summed E-state index contributed by atoms with van der Waals surface area (Å²) in [4.78, 5) is 12.0. The van der Waals surface area contributed by atoms with E-state index in [4.69, 9.17) is 0 Å². The van der Waals surface area contributed by atoms with Crippen LogP contribution in [0.25, 0.3) is 0 Å². The number of nitrogens with one attached hydrogen (secondary N) is 1. The highest BCUT2D eigenvalue weighted by Crippen LogP contribution is 2.36. The van der Waals surface area contributed by atoms with Gasteiger partial charge < -0.3 is 5.32 Å². The molecule has 1 saturated carbocycles. The maximum atomic E-state index is 12.0. The lowest BCUT2D eigenvalue weighted by Gasteiger charge is -2.32. The zero-order valence-electron chi connectivity index (χ0n) is 9.89. The third-order valence-corrected chi connectivity index (χ3v) is 2.84. The molecule has 0 radical (unpaired) electrons. The van der Waals surface area contributed by atoms with Crippen LogP contribution in [-0.4, -0.2) is 11.4 Å². The Morgan fingerprint density at radius 3 is 2.20 bits per heavy atom. The third kappa shape index (κ3) is 2.95. The van der Waals surface area contributed by atoms with E-state index in [-0.39, 0.29) is 11.4 Å². The number of hydrogen-bond donors (Lipinski definition) is 1. The Labute approximate surface area is 91.9 Å². The number of nitriles is 1. The average molecular weight is 208 g/mol. The molecule has 1 aliphatic carbocycles. The Morgan fingerprint density at radius 1 is 1.27 bits per heavy atom. The fraction of sp³-hybridized carbons (Fsp3) is 0.833. The predicted molar refractivity (Wildman–Crippen MR) is 59.0 cm³/mol. The van der Waals surface area contributed by atoms with Crippen LogP contribution in [0.15, 0.2) is 0 Å². The highest BCUT2D eigenvalue weighted by Gasteiger charge is 2.40. The Bertz CT molecular complexity index is 277. The molecule has 0 atom stereocenters. The minimum atomic E-state index is -0.758. The molecule has 0 aromatic heterocycles. The van der Waals surface area contributed by atoms with Crippen LogP contribution < -0.4 is 5.32 Å². The molecule has 0 aromatic carbocycles. The molecule has 84 valence electrons. The van der Waals surface area contributed by atoms with Gasteiger partial charge in [-0.2, -0.15) is 5.26 Å². The average Bonchev–Trinajstić information content (AvgIpc) is 2.16. The molecule has 1 fully saturated rings. The van der Waals surface area contributed by atoms with Gasteiger partial charge in [0.25, 0.3) is 0 Å². The van der Waals surface area contributed by atoms with Crippen molar-refractivity contribution in [1.29, 1.82) is 5.26 Å². The monoisotopic (exact) mass is 208 g/mol.